The molecule has 0 aliphatic heterocycles. The van der Waals surface area contributed by atoms with Crippen LogP contribution >= 0.6 is 0 Å². The van der Waals surface area contributed by atoms with Crippen LogP contribution in [0.3, 0.4) is 0 Å². The van der Waals surface area contributed by atoms with Crippen molar-refractivity contribution in [1.29, 1.82) is 5.26 Å². The van der Waals surface area contributed by atoms with Crippen molar-refractivity contribution in [3.63, 3.8) is 0 Å². The molecule has 104 valence electrons. The van der Waals surface area contributed by atoms with Crippen molar-refractivity contribution in [2.24, 2.45) is 0 Å². The number of benzene rings is 1. The normalized spacial score (nSPS) is 11.4. The first-order valence-electron chi connectivity index (χ1n) is 6.04. The maximum absolute atomic E-state index is 11.4. The third kappa shape index (κ3) is 2.37. The second-order valence-electron chi connectivity index (χ2n) is 4.58. The van der Waals surface area contributed by atoms with Crippen molar-refractivity contribution in [2.75, 3.05) is 6.26 Å². The Morgan fingerprint density at radius 1 is 1.14 bits per heavy atom. The quantitative estimate of drug-likeness (QED) is 0.718. The molecule has 0 saturated carbocycles. The smallest absolute Gasteiger partial charge is 0.175 e. The molecule has 0 radical (unpaired) electrons. The number of pyridine rings is 1. The van der Waals surface area contributed by atoms with E-state index in [-0.39, 0.29) is 4.90 Å². The fourth-order valence-corrected chi connectivity index (χ4v) is 2.64. The van der Waals surface area contributed by atoms with Crippen molar-refractivity contribution < 1.29 is 8.42 Å². The summed E-state index contributed by atoms with van der Waals surface area (Å²) in [7, 11) is -3.22. The van der Waals surface area contributed by atoms with Crippen LogP contribution in [0, 0.1) is 11.3 Å². The van der Waals surface area contributed by atoms with Gasteiger partial charge in [0, 0.05) is 24.1 Å². The highest BCUT2D eigenvalue weighted by molar-refractivity contribution is 7.90. The molecule has 0 unspecified atom stereocenters. The molecule has 0 N–H and O–H groups in total. The largest absolute Gasteiger partial charge is 0.282 e. The summed E-state index contributed by atoms with van der Waals surface area (Å²) in [5.74, 6) is 0.592. The van der Waals surface area contributed by atoms with E-state index in [1.54, 1.807) is 34.9 Å². The molecule has 6 nitrogen and oxygen atoms in total. The molecule has 0 aliphatic rings. The summed E-state index contributed by atoms with van der Waals surface area (Å²) in [4.78, 5) is 0.256. The van der Waals surface area contributed by atoms with Crippen molar-refractivity contribution in [3.8, 4) is 17.5 Å². The molecule has 0 amide bonds. The molecule has 7 heteroatoms. The van der Waals surface area contributed by atoms with Gasteiger partial charge in [-0.1, -0.05) is 0 Å². The maximum Gasteiger partial charge on any atom is 0.175 e. The lowest BCUT2D eigenvalue weighted by atomic mass is 10.2. The molecule has 2 heterocycles. The Kier molecular flexibility index (Phi) is 2.96. The molecule has 3 rings (SSSR count). The van der Waals surface area contributed by atoms with Gasteiger partial charge in [-0.2, -0.15) is 5.26 Å². The summed E-state index contributed by atoms with van der Waals surface area (Å²) >= 11 is 0. The second kappa shape index (κ2) is 4.68. The van der Waals surface area contributed by atoms with Crippen molar-refractivity contribution >= 4 is 15.5 Å². The van der Waals surface area contributed by atoms with Crippen molar-refractivity contribution in [3.05, 3.63) is 48.2 Å². The van der Waals surface area contributed by atoms with Crippen LogP contribution in [0.4, 0.5) is 0 Å². The van der Waals surface area contributed by atoms with Crippen LogP contribution in [0.1, 0.15) is 5.56 Å². The van der Waals surface area contributed by atoms with E-state index in [1.165, 1.54) is 12.1 Å². The minimum absolute atomic E-state index is 0.256. The summed E-state index contributed by atoms with van der Waals surface area (Å²) in [6.45, 7) is 0. The SMILES string of the molecule is CS(=O)(=O)c1ccc(-c2nnc3cc(C#N)ccn23)cc1. The highest BCUT2D eigenvalue weighted by Crippen LogP contribution is 2.20. The van der Waals surface area contributed by atoms with Gasteiger partial charge in [-0.3, -0.25) is 4.40 Å². The van der Waals surface area contributed by atoms with Crippen LogP contribution in [0.15, 0.2) is 47.5 Å². The number of rotatable bonds is 2. The fourth-order valence-electron chi connectivity index (χ4n) is 2.01. The Morgan fingerprint density at radius 3 is 2.48 bits per heavy atom. The van der Waals surface area contributed by atoms with Gasteiger partial charge in [0.2, 0.25) is 0 Å². The van der Waals surface area contributed by atoms with E-state index in [1.807, 2.05) is 6.07 Å². The van der Waals surface area contributed by atoms with Gasteiger partial charge < -0.3 is 0 Å². The van der Waals surface area contributed by atoms with E-state index in [2.05, 4.69) is 10.2 Å². The average Bonchev–Trinajstić information content (AvgIpc) is 2.89. The zero-order valence-electron chi connectivity index (χ0n) is 11.1. The third-order valence-corrected chi connectivity index (χ3v) is 4.21. The maximum atomic E-state index is 11.4. The van der Waals surface area contributed by atoms with Gasteiger partial charge in [0.05, 0.1) is 16.5 Å². The lowest BCUT2D eigenvalue weighted by molar-refractivity contribution is 0.602. The van der Waals surface area contributed by atoms with E-state index in [9.17, 15) is 8.42 Å². The third-order valence-electron chi connectivity index (χ3n) is 3.08. The monoisotopic (exact) mass is 298 g/mol. The van der Waals surface area contributed by atoms with Gasteiger partial charge in [0.25, 0.3) is 0 Å². The number of fused-ring (bicyclic) bond motifs is 1. The van der Waals surface area contributed by atoms with E-state index < -0.39 is 9.84 Å². The van der Waals surface area contributed by atoms with Crippen molar-refractivity contribution in [1.82, 2.24) is 14.6 Å². The Labute approximate surface area is 121 Å². The molecule has 0 saturated heterocycles. The van der Waals surface area contributed by atoms with Gasteiger partial charge in [0.15, 0.2) is 21.3 Å². The summed E-state index contributed by atoms with van der Waals surface area (Å²) in [6.07, 6.45) is 2.88. The number of nitrogens with zero attached hydrogens (tertiary/aromatic N) is 4. The molecule has 1 aromatic carbocycles. The summed E-state index contributed by atoms with van der Waals surface area (Å²) < 4.78 is 24.6. The first kappa shape index (κ1) is 13.3. The van der Waals surface area contributed by atoms with Crippen LogP contribution in [0.2, 0.25) is 0 Å². The predicted octanol–water partition coefficient (Wildman–Crippen LogP) is 1.67. The molecule has 0 aliphatic carbocycles. The number of nitriles is 1. The molecular formula is C14H10N4O2S. The first-order valence-corrected chi connectivity index (χ1v) is 7.93. The highest BCUT2D eigenvalue weighted by atomic mass is 32.2. The van der Waals surface area contributed by atoms with E-state index in [4.69, 9.17) is 5.26 Å². The van der Waals surface area contributed by atoms with E-state index in [0.29, 0.717) is 17.0 Å². The fraction of sp³-hybridized carbons (Fsp3) is 0.0714. The molecule has 3 aromatic rings. The molecule has 0 spiro atoms. The molecule has 21 heavy (non-hydrogen) atoms. The number of hydrogen-bond donors (Lipinski definition) is 0. The first-order chi connectivity index (χ1) is 9.99. The minimum atomic E-state index is -3.22. The van der Waals surface area contributed by atoms with E-state index in [0.717, 1.165) is 11.8 Å². The topological polar surface area (TPSA) is 88.1 Å². The number of aromatic nitrogens is 3. The van der Waals surface area contributed by atoms with Crippen molar-refractivity contribution in [2.45, 2.75) is 4.90 Å². The van der Waals surface area contributed by atoms with Gasteiger partial charge in [-0.25, -0.2) is 8.42 Å². The standard InChI is InChI=1S/C14H10N4O2S/c1-21(19,20)12-4-2-11(3-5-12)14-17-16-13-8-10(9-15)6-7-18(13)14/h2-8H,1H3. The Hall–Kier alpha value is -2.72. The Morgan fingerprint density at radius 2 is 1.86 bits per heavy atom. The second-order valence-corrected chi connectivity index (χ2v) is 6.59. The average molecular weight is 298 g/mol. The van der Waals surface area contributed by atoms with E-state index >= 15 is 0 Å². The molecule has 0 fully saturated rings. The van der Waals surface area contributed by atoms with Crippen LogP contribution in [-0.4, -0.2) is 29.3 Å². The predicted molar refractivity (Wildman–Crippen MR) is 76.2 cm³/mol. The molecule has 2 aromatic heterocycles. The summed E-state index contributed by atoms with van der Waals surface area (Å²) in [5.41, 5.74) is 1.82. The number of hydrogen-bond acceptors (Lipinski definition) is 5. The zero-order valence-corrected chi connectivity index (χ0v) is 11.9. The molecule has 0 bridgehead atoms. The summed E-state index contributed by atoms with van der Waals surface area (Å²) in [6, 6.07) is 11.8. The Balaban J connectivity index is 2.11. The van der Waals surface area contributed by atoms with Crippen LogP contribution in [-0.2, 0) is 9.84 Å². The molecular weight excluding hydrogens is 288 g/mol. The lowest BCUT2D eigenvalue weighted by Crippen LogP contribution is -1.97. The zero-order chi connectivity index (χ0) is 15.0. The van der Waals surface area contributed by atoms with Crippen LogP contribution < -0.4 is 0 Å². The van der Waals surface area contributed by atoms with Gasteiger partial charge in [0.1, 0.15) is 0 Å². The molecule has 0 atom stereocenters. The summed E-state index contributed by atoms with van der Waals surface area (Å²) in [5, 5.41) is 17.0. The van der Waals surface area contributed by atoms with Gasteiger partial charge in [-0.15, -0.1) is 10.2 Å². The minimum Gasteiger partial charge on any atom is -0.282 e. The Bertz CT molecular complexity index is 966. The van der Waals surface area contributed by atoms with Crippen LogP contribution in [0.5, 0.6) is 0 Å². The number of sulfone groups is 1. The van der Waals surface area contributed by atoms with Gasteiger partial charge in [-0.05, 0) is 30.3 Å². The van der Waals surface area contributed by atoms with Crippen LogP contribution in [0.25, 0.3) is 17.0 Å². The lowest BCUT2D eigenvalue weighted by Gasteiger charge is -2.02. The highest BCUT2D eigenvalue weighted by Gasteiger charge is 2.11. The van der Waals surface area contributed by atoms with Gasteiger partial charge >= 0.3 is 0 Å².